The number of anilines is 1. The Morgan fingerprint density at radius 2 is 1.89 bits per heavy atom. The molecule has 2 rings (SSSR count). The number of nitrogens with zero attached hydrogens (tertiary/aromatic N) is 1. The Bertz CT molecular complexity index is 650. The maximum Gasteiger partial charge on any atom is 0.270 e. The summed E-state index contributed by atoms with van der Waals surface area (Å²) < 4.78 is 0. The molecule has 8 heteroatoms. The topological polar surface area (TPSA) is 126 Å². The van der Waals surface area contributed by atoms with Gasteiger partial charge in [0, 0.05) is 13.0 Å². The van der Waals surface area contributed by atoms with Crippen LogP contribution >= 0.6 is 0 Å². The highest BCUT2D eigenvalue weighted by Crippen LogP contribution is 2.09. The fourth-order valence-corrected chi connectivity index (χ4v) is 2.92. The number of carbonyl (C=O) groups is 3. The van der Waals surface area contributed by atoms with Gasteiger partial charge in [0.15, 0.2) is 0 Å². The van der Waals surface area contributed by atoms with Gasteiger partial charge in [-0.15, -0.1) is 0 Å². The van der Waals surface area contributed by atoms with Gasteiger partial charge >= 0.3 is 0 Å². The standard InChI is InChI=1S/C19H29N5O3/c20-12-5-3-1-2-4-6-13-21-16-9-7-8-14(22-16)18(26)23-15-10-11-17(25)24-19(15)27/h7-9,15H,1-6,10-13,20H2,(H,21,22)(H,23,26)(H,24,25,27). The number of unbranched alkanes of at least 4 members (excludes halogenated alkanes) is 5. The molecule has 5 N–H and O–H groups in total. The Morgan fingerprint density at radius 1 is 1.15 bits per heavy atom. The summed E-state index contributed by atoms with van der Waals surface area (Å²) in [5.74, 6) is -0.573. The predicted molar refractivity (Wildman–Crippen MR) is 103 cm³/mol. The fourth-order valence-electron chi connectivity index (χ4n) is 2.92. The third-order valence-electron chi connectivity index (χ3n) is 4.46. The van der Waals surface area contributed by atoms with Crippen molar-refractivity contribution < 1.29 is 14.4 Å². The minimum absolute atomic E-state index is 0.220. The van der Waals surface area contributed by atoms with Gasteiger partial charge in [-0.3, -0.25) is 19.7 Å². The summed E-state index contributed by atoms with van der Waals surface area (Å²) in [5.41, 5.74) is 5.72. The van der Waals surface area contributed by atoms with Gasteiger partial charge in [-0.1, -0.05) is 31.7 Å². The van der Waals surface area contributed by atoms with Crippen LogP contribution in [0.3, 0.4) is 0 Å². The van der Waals surface area contributed by atoms with E-state index >= 15 is 0 Å². The van der Waals surface area contributed by atoms with Crippen LogP contribution in [0.15, 0.2) is 18.2 Å². The average Bonchev–Trinajstić information content (AvgIpc) is 2.66. The first-order valence-electron chi connectivity index (χ1n) is 9.65. The number of nitrogens with two attached hydrogens (primary N) is 1. The van der Waals surface area contributed by atoms with Crippen LogP contribution < -0.4 is 21.7 Å². The SMILES string of the molecule is NCCCCCCCCNc1cccc(C(=O)NC2CCC(=O)NC2=O)n1. The van der Waals surface area contributed by atoms with E-state index in [1.807, 2.05) is 6.07 Å². The molecule has 0 aromatic carbocycles. The van der Waals surface area contributed by atoms with Gasteiger partial charge in [0.1, 0.15) is 17.6 Å². The number of pyridine rings is 1. The summed E-state index contributed by atoms with van der Waals surface area (Å²) in [5, 5.41) is 8.08. The lowest BCUT2D eigenvalue weighted by Gasteiger charge is -2.21. The van der Waals surface area contributed by atoms with E-state index in [2.05, 4.69) is 20.9 Å². The maximum atomic E-state index is 12.3. The zero-order valence-corrected chi connectivity index (χ0v) is 15.6. The molecule has 0 radical (unpaired) electrons. The molecule has 1 unspecified atom stereocenters. The van der Waals surface area contributed by atoms with E-state index in [4.69, 9.17) is 5.73 Å². The lowest BCUT2D eigenvalue weighted by atomic mass is 10.1. The van der Waals surface area contributed by atoms with E-state index in [0.29, 0.717) is 12.2 Å². The van der Waals surface area contributed by atoms with Crippen molar-refractivity contribution in [3.63, 3.8) is 0 Å². The first-order chi connectivity index (χ1) is 13.1. The van der Waals surface area contributed by atoms with Gasteiger partial charge in [0.05, 0.1) is 0 Å². The minimum Gasteiger partial charge on any atom is -0.370 e. The van der Waals surface area contributed by atoms with E-state index in [-0.39, 0.29) is 18.0 Å². The summed E-state index contributed by atoms with van der Waals surface area (Å²) in [6.45, 7) is 1.56. The van der Waals surface area contributed by atoms with Crippen molar-refractivity contribution in [1.82, 2.24) is 15.6 Å². The largest absolute Gasteiger partial charge is 0.370 e. The lowest BCUT2D eigenvalue weighted by molar-refractivity contribution is -0.134. The molecule has 2 heterocycles. The Balaban J connectivity index is 1.73. The molecule has 3 amide bonds. The van der Waals surface area contributed by atoms with Crippen molar-refractivity contribution in [3.8, 4) is 0 Å². The Morgan fingerprint density at radius 3 is 2.63 bits per heavy atom. The third-order valence-corrected chi connectivity index (χ3v) is 4.46. The van der Waals surface area contributed by atoms with E-state index in [1.54, 1.807) is 12.1 Å². The highest BCUT2D eigenvalue weighted by molar-refractivity contribution is 6.03. The molecular weight excluding hydrogens is 346 g/mol. The van der Waals surface area contributed by atoms with E-state index in [1.165, 1.54) is 19.3 Å². The number of piperidine rings is 1. The monoisotopic (exact) mass is 375 g/mol. The van der Waals surface area contributed by atoms with Crippen molar-refractivity contribution in [2.45, 2.75) is 57.4 Å². The van der Waals surface area contributed by atoms with Crippen molar-refractivity contribution in [1.29, 1.82) is 0 Å². The molecule has 8 nitrogen and oxygen atoms in total. The molecular formula is C19H29N5O3. The van der Waals surface area contributed by atoms with Crippen LogP contribution in [0.1, 0.15) is 61.9 Å². The summed E-state index contributed by atoms with van der Waals surface area (Å²) in [7, 11) is 0. The molecule has 1 fully saturated rings. The Labute approximate surface area is 159 Å². The van der Waals surface area contributed by atoms with Gasteiger partial charge in [-0.2, -0.15) is 0 Å². The van der Waals surface area contributed by atoms with Crippen LogP contribution in [-0.2, 0) is 9.59 Å². The average molecular weight is 375 g/mol. The zero-order valence-electron chi connectivity index (χ0n) is 15.6. The molecule has 0 spiro atoms. The Hall–Kier alpha value is -2.48. The first kappa shape index (κ1) is 20.8. The molecule has 1 aromatic heterocycles. The smallest absolute Gasteiger partial charge is 0.270 e. The van der Waals surface area contributed by atoms with Gasteiger partial charge < -0.3 is 16.4 Å². The van der Waals surface area contributed by atoms with Crippen LogP contribution in [0.4, 0.5) is 5.82 Å². The van der Waals surface area contributed by atoms with Crippen LogP contribution in [0.25, 0.3) is 0 Å². The van der Waals surface area contributed by atoms with Crippen molar-refractivity contribution in [3.05, 3.63) is 23.9 Å². The number of amides is 3. The molecule has 1 aliphatic heterocycles. The lowest BCUT2D eigenvalue weighted by Crippen LogP contribution is -2.52. The molecule has 148 valence electrons. The number of hydrogen-bond donors (Lipinski definition) is 4. The van der Waals surface area contributed by atoms with Crippen molar-refractivity contribution in [2.24, 2.45) is 5.73 Å². The van der Waals surface area contributed by atoms with Crippen molar-refractivity contribution >= 4 is 23.5 Å². The second kappa shape index (κ2) is 11.3. The van der Waals surface area contributed by atoms with E-state index in [9.17, 15) is 14.4 Å². The highest BCUT2D eigenvalue weighted by Gasteiger charge is 2.28. The minimum atomic E-state index is -0.701. The molecule has 1 atom stereocenters. The number of hydrogen-bond acceptors (Lipinski definition) is 6. The Kier molecular flexibility index (Phi) is 8.70. The van der Waals surface area contributed by atoms with Gasteiger partial charge in [0.25, 0.3) is 5.91 Å². The van der Waals surface area contributed by atoms with Crippen LogP contribution in [-0.4, -0.2) is 41.8 Å². The number of imide groups is 1. The number of nitrogens with one attached hydrogen (secondary N) is 3. The van der Waals surface area contributed by atoms with E-state index in [0.717, 1.165) is 32.4 Å². The second-order valence-corrected chi connectivity index (χ2v) is 6.72. The van der Waals surface area contributed by atoms with Crippen LogP contribution in [0, 0.1) is 0 Å². The number of rotatable bonds is 11. The molecule has 27 heavy (non-hydrogen) atoms. The number of aromatic nitrogens is 1. The molecule has 1 aliphatic rings. The summed E-state index contributed by atoms with van der Waals surface area (Å²) in [6.07, 6.45) is 7.41. The summed E-state index contributed by atoms with van der Waals surface area (Å²) in [4.78, 5) is 39.5. The molecule has 0 saturated carbocycles. The second-order valence-electron chi connectivity index (χ2n) is 6.72. The molecule has 0 bridgehead atoms. The summed E-state index contributed by atoms with van der Waals surface area (Å²) >= 11 is 0. The predicted octanol–water partition coefficient (Wildman–Crippen LogP) is 1.33. The van der Waals surface area contributed by atoms with Crippen molar-refractivity contribution in [2.75, 3.05) is 18.4 Å². The fraction of sp³-hybridized carbons (Fsp3) is 0.579. The molecule has 1 aromatic rings. The zero-order chi connectivity index (χ0) is 19.5. The van der Waals surface area contributed by atoms with Crippen LogP contribution in [0.2, 0.25) is 0 Å². The maximum absolute atomic E-state index is 12.3. The van der Waals surface area contributed by atoms with Gasteiger partial charge in [0.2, 0.25) is 11.8 Å². The number of carbonyl (C=O) groups excluding carboxylic acids is 3. The highest BCUT2D eigenvalue weighted by atomic mass is 16.2. The third kappa shape index (κ3) is 7.34. The molecule has 0 aliphatic carbocycles. The molecule has 1 saturated heterocycles. The quantitative estimate of drug-likeness (QED) is 0.341. The van der Waals surface area contributed by atoms with E-state index < -0.39 is 17.9 Å². The van der Waals surface area contributed by atoms with Gasteiger partial charge in [-0.25, -0.2) is 4.98 Å². The first-order valence-corrected chi connectivity index (χ1v) is 9.65. The van der Waals surface area contributed by atoms with Crippen LogP contribution in [0.5, 0.6) is 0 Å². The normalized spacial score (nSPS) is 16.7. The van der Waals surface area contributed by atoms with Gasteiger partial charge in [-0.05, 0) is 37.9 Å². The summed E-state index contributed by atoms with van der Waals surface area (Å²) in [6, 6.07) is 4.46.